The third-order valence-electron chi connectivity index (χ3n) is 1.63. The highest BCUT2D eigenvalue weighted by molar-refractivity contribution is 14.1. The molecule has 3 nitrogen and oxygen atoms in total. The lowest BCUT2D eigenvalue weighted by Gasteiger charge is -2.12. The number of aromatic nitrogens is 1. The van der Waals surface area contributed by atoms with Gasteiger partial charge in [0, 0.05) is 5.56 Å². The van der Waals surface area contributed by atoms with Crippen molar-refractivity contribution >= 4 is 28.9 Å². The van der Waals surface area contributed by atoms with E-state index in [2.05, 4.69) is 9.72 Å². The summed E-state index contributed by atoms with van der Waals surface area (Å²) in [6.07, 6.45) is -3.38. The van der Waals surface area contributed by atoms with Crippen LogP contribution in [0.2, 0.25) is 0 Å². The summed E-state index contributed by atoms with van der Waals surface area (Å²) in [6.45, 7) is 1.37. The zero-order valence-electron chi connectivity index (χ0n) is 7.43. The van der Waals surface area contributed by atoms with Crippen molar-refractivity contribution in [1.29, 1.82) is 0 Å². The lowest BCUT2D eigenvalue weighted by molar-refractivity contribution is -0.275. The minimum atomic E-state index is -4.78. The summed E-state index contributed by atoms with van der Waals surface area (Å²) in [5.41, 5.74) is 0.235. The van der Waals surface area contributed by atoms with E-state index < -0.39 is 12.1 Å². The maximum Gasteiger partial charge on any atom is 0.573 e. The van der Waals surface area contributed by atoms with Gasteiger partial charge in [0.1, 0.15) is 3.70 Å². The Hall–Kier alpha value is -0.860. The van der Waals surface area contributed by atoms with Gasteiger partial charge in [-0.3, -0.25) is 4.79 Å². The fourth-order valence-corrected chi connectivity index (χ4v) is 1.60. The summed E-state index contributed by atoms with van der Waals surface area (Å²) in [7, 11) is 0. The highest BCUT2D eigenvalue weighted by atomic mass is 127. The molecule has 82 valence electrons. The molecule has 1 rings (SSSR count). The van der Waals surface area contributed by atoms with E-state index in [0.717, 1.165) is 6.20 Å². The average Bonchev–Trinajstić information content (AvgIpc) is 2.09. The van der Waals surface area contributed by atoms with Gasteiger partial charge in [-0.05, 0) is 29.5 Å². The summed E-state index contributed by atoms with van der Waals surface area (Å²) in [6, 6.07) is 0. The van der Waals surface area contributed by atoms with Gasteiger partial charge >= 0.3 is 6.36 Å². The highest BCUT2D eigenvalue weighted by Crippen LogP contribution is 2.28. The summed E-state index contributed by atoms with van der Waals surface area (Å²) in [4.78, 5) is 14.2. The van der Waals surface area contributed by atoms with Crippen molar-refractivity contribution < 1.29 is 22.7 Å². The first-order chi connectivity index (χ1) is 6.85. The van der Waals surface area contributed by atoms with Crippen LogP contribution in [0, 0.1) is 10.6 Å². The maximum atomic E-state index is 11.9. The van der Waals surface area contributed by atoms with Gasteiger partial charge in [0.15, 0.2) is 12.0 Å². The molecular weight excluding hydrogens is 326 g/mol. The van der Waals surface area contributed by atoms with Crippen molar-refractivity contribution in [2.75, 3.05) is 0 Å². The molecule has 0 N–H and O–H groups in total. The molecule has 0 bridgehead atoms. The molecule has 0 aromatic carbocycles. The van der Waals surface area contributed by atoms with Crippen LogP contribution in [0.3, 0.4) is 0 Å². The minimum Gasteiger partial charge on any atom is -0.404 e. The van der Waals surface area contributed by atoms with Gasteiger partial charge in [-0.2, -0.15) is 0 Å². The SMILES string of the molecule is Cc1c(OC(F)(F)F)cnc(I)c1C=O. The van der Waals surface area contributed by atoms with Crippen LogP contribution in [-0.2, 0) is 0 Å². The Bertz CT molecular complexity index is 392. The van der Waals surface area contributed by atoms with Gasteiger partial charge in [-0.25, -0.2) is 4.98 Å². The topological polar surface area (TPSA) is 39.2 Å². The molecule has 1 aromatic heterocycles. The van der Waals surface area contributed by atoms with Gasteiger partial charge < -0.3 is 4.74 Å². The van der Waals surface area contributed by atoms with Crippen molar-refractivity contribution in [3.8, 4) is 5.75 Å². The number of pyridine rings is 1. The fourth-order valence-electron chi connectivity index (χ4n) is 0.934. The number of hydrogen-bond acceptors (Lipinski definition) is 3. The van der Waals surface area contributed by atoms with Gasteiger partial charge in [-0.1, -0.05) is 0 Å². The molecule has 0 saturated carbocycles. The Morgan fingerprint density at radius 3 is 2.60 bits per heavy atom. The largest absolute Gasteiger partial charge is 0.573 e. The second kappa shape index (κ2) is 4.33. The molecule has 7 heteroatoms. The van der Waals surface area contributed by atoms with E-state index in [-0.39, 0.29) is 11.1 Å². The average molecular weight is 331 g/mol. The first-order valence-electron chi connectivity index (χ1n) is 3.71. The molecule has 1 aromatic rings. The minimum absolute atomic E-state index is 0.109. The number of rotatable bonds is 2. The molecule has 0 unspecified atom stereocenters. The standard InChI is InChI=1S/C8H5F3INO2/c1-4-5(3-14)7(12)13-2-6(4)15-8(9,10)11/h2-3H,1H3. The highest BCUT2D eigenvalue weighted by Gasteiger charge is 2.32. The third kappa shape index (κ3) is 3.05. The van der Waals surface area contributed by atoms with Crippen molar-refractivity contribution in [3.05, 3.63) is 21.0 Å². The van der Waals surface area contributed by atoms with E-state index >= 15 is 0 Å². The number of carbonyl (C=O) groups is 1. The van der Waals surface area contributed by atoms with E-state index in [0.29, 0.717) is 9.99 Å². The Labute approximate surface area is 96.8 Å². The van der Waals surface area contributed by atoms with E-state index in [1.807, 2.05) is 0 Å². The lowest BCUT2D eigenvalue weighted by Crippen LogP contribution is -2.18. The van der Waals surface area contributed by atoms with Crippen molar-refractivity contribution in [2.24, 2.45) is 0 Å². The summed E-state index contributed by atoms with van der Waals surface area (Å²) >= 11 is 1.76. The Kier molecular flexibility index (Phi) is 3.53. The van der Waals surface area contributed by atoms with E-state index in [9.17, 15) is 18.0 Å². The summed E-state index contributed by atoms with van der Waals surface area (Å²) in [5, 5.41) is 0. The van der Waals surface area contributed by atoms with Crippen LogP contribution >= 0.6 is 22.6 Å². The second-order valence-corrected chi connectivity index (χ2v) is 3.64. The van der Waals surface area contributed by atoms with Gasteiger partial charge in [0.2, 0.25) is 0 Å². The van der Waals surface area contributed by atoms with Crippen LogP contribution in [0.4, 0.5) is 13.2 Å². The number of hydrogen-bond donors (Lipinski definition) is 0. The summed E-state index contributed by atoms with van der Waals surface area (Å²) < 4.78 is 39.8. The molecule has 0 saturated heterocycles. The molecule has 0 amide bonds. The second-order valence-electron chi connectivity index (χ2n) is 2.62. The molecule has 15 heavy (non-hydrogen) atoms. The van der Waals surface area contributed by atoms with Crippen molar-refractivity contribution in [3.63, 3.8) is 0 Å². The molecule has 0 aliphatic rings. The normalized spacial score (nSPS) is 11.3. The van der Waals surface area contributed by atoms with Crippen LogP contribution < -0.4 is 4.74 Å². The molecule has 1 heterocycles. The maximum absolute atomic E-state index is 11.9. The first kappa shape index (κ1) is 12.2. The van der Waals surface area contributed by atoms with Crippen LogP contribution in [0.25, 0.3) is 0 Å². The van der Waals surface area contributed by atoms with Crippen LogP contribution in [0.15, 0.2) is 6.20 Å². The van der Waals surface area contributed by atoms with Crippen molar-refractivity contribution in [1.82, 2.24) is 4.98 Å². The molecule has 0 aliphatic carbocycles. The molecule has 0 aliphatic heterocycles. The van der Waals surface area contributed by atoms with E-state index in [1.54, 1.807) is 22.6 Å². The number of alkyl halides is 3. The predicted molar refractivity (Wildman–Crippen MR) is 53.8 cm³/mol. The lowest BCUT2D eigenvalue weighted by atomic mass is 10.2. The zero-order valence-corrected chi connectivity index (χ0v) is 9.59. The van der Waals surface area contributed by atoms with Gasteiger partial charge in [-0.15, -0.1) is 13.2 Å². The molecule has 0 atom stereocenters. The van der Waals surface area contributed by atoms with Crippen molar-refractivity contribution in [2.45, 2.75) is 13.3 Å². The Balaban J connectivity index is 3.16. The number of halogens is 4. The number of ether oxygens (including phenoxy) is 1. The first-order valence-corrected chi connectivity index (χ1v) is 4.79. The van der Waals surface area contributed by atoms with Crippen LogP contribution in [0.5, 0.6) is 5.75 Å². The third-order valence-corrected chi connectivity index (χ3v) is 2.49. The van der Waals surface area contributed by atoms with E-state index in [1.165, 1.54) is 6.92 Å². The monoisotopic (exact) mass is 331 g/mol. The van der Waals surface area contributed by atoms with E-state index in [4.69, 9.17) is 0 Å². The molecule has 0 fully saturated rings. The summed E-state index contributed by atoms with van der Waals surface area (Å²) in [5.74, 6) is -0.454. The Morgan fingerprint density at radius 2 is 2.13 bits per heavy atom. The van der Waals surface area contributed by atoms with Gasteiger partial charge in [0.25, 0.3) is 0 Å². The van der Waals surface area contributed by atoms with Gasteiger partial charge in [0.05, 0.1) is 11.8 Å². The fraction of sp³-hybridized carbons (Fsp3) is 0.250. The molecule has 0 radical (unpaired) electrons. The van der Waals surface area contributed by atoms with Crippen LogP contribution in [-0.4, -0.2) is 17.6 Å². The number of aldehydes is 1. The number of nitrogens with zero attached hydrogens (tertiary/aromatic N) is 1. The smallest absolute Gasteiger partial charge is 0.404 e. The Morgan fingerprint density at radius 1 is 1.53 bits per heavy atom. The molecular formula is C8H5F3INO2. The van der Waals surface area contributed by atoms with Crippen LogP contribution in [0.1, 0.15) is 15.9 Å². The zero-order chi connectivity index (χ0) is 11.6. The predicted octanol–water partition coefficient (Wildman–Crippen LogP) is 2.71. The number of carbonyl (C=O) groups excluding carboxylic acids is 1. The molecule has 0 spiro atoms. The quantitative estimate of drug-likeness (QED) is 0.475.